The lowest BCUT2D eigenvalue weighted by atomic mass is 10.2. The first kappa shape index (κ1) is 24.9. The molecule has 2 N–H and O–H groups in total. The summed E-state index contributed by atoms with van der Waals surface area (Å²) in [5.74, 6) is 0.451. The highest BCUT2D eigenvalue weighted by Crippen LogP contribution is 2.39. The lowest BCUT2D eigenvalue weighted by Crippen LogP contribution is -2.35. The number of sulfonamides is 1. The number of nitrogens with one attached hydrogen (secondary N) is 2. The van der Waals surface area contributed by atoms with Crippen molar-refractivity contribution in [2.24, 2.45) is 10.2 Å². The topological polar surface area (TPSA) is 136 Å². The molecule has 0 aliphatic heterocycles. The fourth-order valence-corrected chi connectivity index (χ4v) is 4.20. The van der Waals surface area contributed by atoms with Crippen molar-refractivity contribution in [3.8, 4) is 11.8 Å². The fourth-order valence-electron chi connectivity index (χ4n) is 2.83. The highest BCUT2D eigenvalue weighted by molar-refractivity contribution is 7.92. The van der Waals surface area contributed by atoms with E-state index in [0.717, 1.165) is 11.9 Å². The first-order chi connectivity index (χ1) is 16.2. The van der Waals surface area contributed by atoms with Gasteiger partial charge in [0.15, 0.2) is 0 Å². The van der Waals surface area contributed by atoms with Gasteiger partial charge in [0, 0.05) is 25.8 Å². The Hall–Kier alpha value is -3.76. The van der Waals surface area contributed by atoms with Gasteiger partial charge in [-0.05, 0) is 34.7 Å². The Morgan fingerprint density at radius 3 is 2.56 bits per heavy atom. The molecule has 0 fully saturated rings. The predicted molar refractivity (Wildman–Crippen MR) is 132 cm³/mol. The van der Waals surface area contributed by atoms with Crippen molar-refractivity contribution in [3.05, 3.63) is 42.5 Å². The molecule has 0 radical (unpaired) electrons. The molecule has 1 aromatic heterocycles. The Bertz CT molecular complexity index is 1320. The second kappa shape index (κ2) is 10.9. The molecule has 0 saturated carbocycles. The van der Waals surface area contributed by atoms with Crippen molar-refractivity contribution < 1.29 is 17.8 Å². The standard InChI is InChI=1S/C21H24N8O3S2/c1-28(2)21-26-29(12-8-11-22)20(33-21)25-24-16-14-19(32-3)18(13-17(16)27-34(4,30)31)23-15-9-6-5-7-10-15/h5-7,9-10,13-14H,8,12H2,1-4H3,(H,23,27)/p+1. The monoisotopic (exact) mass is 501 g/mol. The van der Waals surface area contributed by atoms with Crippen LogP contribution in [0, 0.1) is 11.3 Å². The summed E-state index contributed by atoms with van der Waals surface area (Å²) >= 11 is 1.30. The summed E-state index contributed by atoms with van der Waals surface area (Å²) in [7, 11) is 1.62. The number of aryl methyl sites for hydroxylation is 1. The molecule has 13 heteroatoms. The molecule has 2 aromatic carbocycles. The maximum absolute atomic E-state index is 12.0. The number of para-hydroxylation sites is 1. The second-order valence-electron chi connectivity index (χ2n) is 7.33. The van der Waals surface area contributed by atoms with Crippen LogP contribution < -0.4 is 24.4 Å². The minimum Gasteiger partial charge on any atom is -0.494 e. The van der Waals surface area contributed by atoms with Gasteiger partial charge < -0.3 is 15.0 Å². The molecule has 0 atom stereocenters. The number of azo groups is 1. The average Bonchev–Trinajstić information content (AvgIpc) is 3.20. The van der Waals surface area contributed by atoms with E-state index in [1.807, 2.05) is 49.3 Å². The molecule has 178 valence electrons. The predicted octanol–water partition coefficient (Wildman–Crippen LogP) is 3.95. The molecular formula is C21H25N8O3S2+. The molecule has 0 spiro atoms. The largest absolute Gasteiger partial charge is 0.494 e. The van der Waals surface area contributed by atoms with Crippen LogP contribution in [0.1, 0.15) is 6.42 Å². The van der Waals surface area contributed by atoms with Crippen LogP contribution in [0.5, 0.6) is 5.75 Å². The molecule has 0 unspecified atom stereocenters. The molecule has 3 rings (SSSR count). The number of anilines is 4. The number of benzene rings is 2. The lowest BCUT2D eigenvalue weighted by Gasteiger charge is -2.14. The van der Waals surface area contributed by atoms with Crippen molar-refractivity contribution in [1.82, 2.24) is 5.10 Å². The van der Waals surface area contributed by atoms with Gasteiger partial charge in [-0.2, -0.15) is 5.26 Å². The van der Waals surface area contributed by atoms with Crippen LogP contribution in [0.3, 0.4) is 0 Å². The second-order valence-corrected chi connectivity index (χ2v) is 10.0. The van der Waals surface area contributed by atoms with Crippen molar-refractivity contribution >= 4 is 54.4 Å². The van der Waals surface area contributed by atoms with E-state index in [-0.39, 0.29) is 17.8 Å². The average molecular weight is 502 g/mol. The smallest absolute Gasteiger partial charge is 0.432 e. The van der Waals surface area contributed by atoms with Crippen LogP contribution in [-0.4, -0.2) is 41.0 Å². The van der Waals surface area contributed by atoms with Gasteiger partial charge in [-0.25, -0.2) is 8.42 Å². The van der Waals surface area contributed by atoms with Crippen LogP contribution in [0.2, 0.25) is 0 Å². The molecule has 34 heavy (non-hydrogen) atoms. The third-order valence-corrected chi connectivity index (χ3v) is 6.03. The molecule has 0 saturated heterocycles. The maximum Gasteiger partial charge on any atom is 0.432 e. The van der Waals surface area contributed by atoms with Gasteiger partial charge in [0.25, 0.3) is 0 Å². The molecule has 0 aliphatic carbocycles. The summed E-state index contributed by atoms with van der Waals surface area (Å²) in [6.07, 6.45) is 1.32. The molecule has 0 amide bonds. The van der Waals surface area contributed by atoms with Crippen molar-refractivity contribution in [2.45, 2.75) is 13.0 Å². The SMILES string of the molecule is COc1cc(N=Nc2sc(N(C)C)n[n+]2CCC#N)c(NS(C)(=O)=O)cc1Nc1ccccc1. The van der Waals surface area contributed by atoms with E-state index in [9.17, 15) is 8.42 Å². The summed E-state index contributed by atoms with van der Waals surface area (Å²) in [6.45, 7) is 0.354. The summed E-state index contributed by atoms with van der Waals surface area (Å²) in [6, 6.07) is 14.7. The molecule has 0 aliphatic rings. The van der Waals surface area contributed by atoms with E-state index in [4.69, 9.17) is 10.00 Å². The highest BCUT2D eigenvalue weighted by atomic mass is 32.2. The van der Waals surface area contributed by atoms with E-state index in [1.54, 1.807) is 16.8 Å². The first-order valence-corrected chi connectivity index (χ1v) is 12.8. The normalized spacial score (nSPS) is 11.3. The van der Waals surface area contributed by atoms with E-state index in [0.29, 0.717) is 28.2 Å². The number of ether oxygens (including phenoxy) is 1. The van der Waals surface area contributed by atoms with Crippen LogP contribution in [0.25, 0.3) is 0 Å². The van der Waals surface area contributed by atoms with Crippen molar-refractivity contribution in [3.63, 3.8) is 0 Å². The first-order valence-electron chi connectivity index (χ1n) is 10.1. The Balaban J connectivity index is 2.04. The minimum atomic E-state index is -3.60. The molecule has 3 aromatic rings. The quantitative estimate of drug-likeness (QED) is 0.317. The van der Waals surface area contributed by atoms with Crippen LogP contribution in [-0.2, 0) is 16.6 Å². The van der Waals surface area contributed by atoms with Crippen LogP contribution in [0.4, 0.5) is 33.0 Å². The van der Waals surface area contributed by atoms with Gasteiger partial charge >= 0.3 is 5.13 Å². The van der Waals surface area contributed by atoms with E-state index < -0.39 is 10.0 Å². The minimum absolute atomic E-state index is 0.228. The number of hydrogen-bond acceptors (Lipinski definition) is 10. The van der Waals surface area contributed by atoms with Gasteiger partial charge in [0.2, 0.25) is 15.2 Å². The number of nitrogens with zero attached hydrogens (tertiary/aromatic N) is 6. The van der Waals surface area contributed by atoms with Gasteiger partial charge in [0.05, 0.1) is 42.3 Å². The zero-order valence-corrected chi connectivity index (χ0v) is 20.8. The number of nitriles is 1. The number of rotatable bonds is 10. The lowest BCUT2D eigenvalue weighted by molar-refractivity contribution is -0.735. The van der Waals surface area contributed by atoms with Gasteiger partial charge in [-0.3, -0.25) is 4.72 Å². The third-order valence-electron chi connectivity index (χ3n) is 4.34. The zero-order valence-electron chi connectivity index (χ0n) is 19.2. The zero-order chi connectivity index (χ0) is 24.7. The van der Waals surface area contributed by atoms with Crippen LogP contribution >= 0.6 is 11.3 Å². The molecule has 11 nitrogen and oxygen atoms in total. The summed E-state index contributed by atoms with van der Waals surface area (Å²) < 4.78 is 33.6. The van der Waals surface area contributed by atoms with Gasteiger partial charge in [-0.1, -0.05) is 23.3 Å². The number of aromatic nitrogens is 2. The molecule has 0 bridgehead atoms. The van der Waals surface area contributed by atoms with E-state index in [1.165, 1.54) is 18.4 Å². The Labute approximate surface area is 202 Å². The Morgan fingerprint density at radius 2 is 1.94 bits per heavy atom. The van der Waals surface area contributed by atoms with Gasteiger partial charge in [0.1, 0.15) is 18.0 Å². The summed E-state index contributed by atoms with van der Waals surface area (Å²) in [5.41, 5.74) is 1.84. The van der Waals surface area contributed by atoms with Crippen molar-refractivity contribution in [1.29, 1.82) is 5.26 Å². The van der Waals surface area contributed by atoms with Gasteiger partial charge in [-0.15, -0.1) is 4.68 Å². The fraction of sp³-hybridized carbons (Fsp3) is 0.286. The summed E-state index contributed by atoms with van der Waals surface area (Å²) in [5, 5.41) is 26.4. The number of hydrogen-bond donors (Lipinski definition) is 2. The third kappa shape index (κ3) is 6.63. The van der Waals surface area contributed by atoms with Crippen molar-refractivity contribution in [2.75, 3.05) is 42.4 Å². The Kier molecular flexibility index (Phi) is 7.98. The van der Waals surface area contributed by atoms with E-state index >= 15 is 0 Å². The van der Waals surface area contributed by atoms with E-state index in [2.05, 4.69) is 31.4 Å². The number of methoxy groups -OCH3 is 1. The molecule has 1 heterocycles. The maximum atomic E-state index is 12.0. The van der Waals surface area contributed by atoms with Crippen LogP contribution in [0.15, 0.2) is 52.7 Å². The summed E-state index contributed by atoms with van der Waals surface area (Å²) in [4.78, 5) is 1.83. The molecular weight excluding hydrogens is 476 g/mol. The highest BCUT2D eigenvalue weighted by Gasteiger charge is 2.21. The Morgan fingerprint density at radius 1 is 1.21 bits per heavy atom.